The maximum atomic E-state index is 5.49. The van der Waals surface area contributed by atoms with Gasteiger partial charge in [0.25, 0.3) is 0 Å². The third kappa shape index (κ3) is 2.37. The molecule has 0 bridgehead atoms. The van der Waals surface area contributed by atoms with Gasteiger partial charge in [0.1, 0.15) is 5.76 Å². The van der Waals surface area contributed by atoms with Crippen LogP contribution < -0.4 is 5.32 Å². The summed E-state index contributed by atoms with van der Waals surface area (Å²) in [5.41, 5.74) is 2.32. The van der Waals surface area contributed by atoms with Crippen molar-refractivity contribution in [1.29, 1.82) is 0 Å². The number of hydrogen-bond acceptors (Lipinski definition) is 3. The maximum Gasteiger partial charge on any atom is 0.121 e. The van der Waals surface area contributed by atoms with Crippen molar-refractivity contribution >= 4 is 10.9 Å². The van der Waals surface area contributed by atoms with Crippen molar-refractivity contribution in [2.24, 2.45) is 0 Å². The van der Waals surface area contributed by atoms with Crippen molar-refractivity contribution in [3.63, 3.8) is 0 Å². The molecule has 0 aliphatic rings. The van der Waals surface area contributed by atoms with E-state index in [1.807, 2.05) is 37.5 Å². The van der Waals surface area contributed by atoms with Crippen molar-refractivity contribution in [3.8, 4) is 0 Å². The third-order valence-corrected chi connectivity index (χ3v) is 3.40. The van der Waals surface area contributed by atoms with Gasteiger partial charge < -0.3 is 9.73 Å². The van der Waals surface area contributed by atoms with Gasteiger partial charge in [0.05, 0.1) is 17.8 Å². The number of hydrogen-bond donors (Lipinski definition) is 1. The SMILES string of the molecule is CNC(Cc1ccnc2ccccc12)c1ccco1. The Morgan fingerprint density at radius 1 is 1.16 bits per heavy atom. The van der Waals surface area contributed by atoms with Gasteiger partial charge in [-0.05, 0) is 43.3 Å². The monoisotopic (exact) mass is 252 g/mol. The first kappa shape index (κ1) is 11.9. The summed E-state index contributed by atoms with van der Waals surface area (Å²) >= 11 is 0. The minimum atomic E-state index is 0.181. The predicted molar refractivity (Wildman–Crippen MR) is 76.0 cm³/mol. The van der Waals surface area contributed by atoms with E-state index in [0.717, 1.165) is 17.7 Å². The standard InChI is InChI=1S/C16H16N2O/c1-17-15(16-7-4-10-19-16)11-12-8-9-18-14-6-3-2-5-13(12)14/h2-10,15,17H,11H2,1H3. The van der Waals surface area contributed by atoms with Gasteiger partial charge in [-0.25, -0.2) is 0 Å². The molecule has 3 aromatic rings. The highest BCUT2D eigenvalue weighted by atomic mass is 16.3. The zero-order chi connectivity index (χ0) is 13.1. The number of furan rings is 1. The van der Waals surface area contributed by atoms with Crippen molar-refractivity contribution in [3.05, 3.63) is 66.2 Å². The normalized spacial score (nSPS) is 12.7. The van der Waals surface area contributed by atoms with Crippen molar-refractivity contribution in [2.75, 3.05) is 7.05 Å². The number of para-hydroxylation sites is 1. The summed E-state index contributed by atoms with van der Waals surface area (Å²) in [4.78, 5) is 4.39. The summed E-state index contributed by atoms with van der Waals surface area (Å²) in [6.07, 6.45) is 4.46. The van der Waals surface area contributed by atoms with Gasteiger partial charge in [0.2, 0.25) is 0 Å². The Morgan fingerprint density at radius 3 is 2.84 bits per heavy atom. The second-order valence-electron chi connectivity index (χ2n) is 4.55. The number of rotatable bonds is 4. The quantitative estimate of drug-likeness (QED) is 0.774. The zero-order valence-corrected chi connectivity index (χ0v) is 10.8. The fourth-order valence-electron chi connectivity index (χ4n) is 2.39. The molecule has 1 unspecified atom stereocenters. The number of pyridine rings is 1. The van der Waals surface area contributed by atoms with E-state index >= 15 is 0 Å². The zero-order valence-electron chi connectivity index (χ0n) is 10.8. The molecule has 0 radical (unpaired) electrons. The van der Waals surface area contributed by atoms with Gasteiger partial charge in [-0.15, -0.1) is 0 Å². The molecule has 19 heavy (non-hydrogen) atoms. The highest BCUT2D eigenvalue weighted by Gasteiger charge is 2.14. The molecule has 2 heterocycles. The molecule has 0 amide bonds. The van der Waals surface area contributed by atoms with Crippen LogP contribution in [-0.2, 0) is 6.42 Å². The Labute approximate surface area is 112 Å². The van der Waals surface area contributed by atoms with Crippen LogP contribution in [-0.4, -0.2) is 12.0 Å². The van der Waals surface area contributed by atoms with Crippen molar-refractivity contribution in [2.45, 2.75) is 12.5 Å². The largest absolute Gasteiger partial charge is 0.468 e. The molecule has 0 aliphatic heterocycles. The molecule has 0 saturated heterocycles. The number of fused-ring (bicyclic) bond motifs is 1. The molecule has 1 N–H and O–H groups in total. The second-order valence-corrected chi connectivity index (χ2v) is 4.55. The van der Waals surface area contributed by atoms with Gasteiger partial charge >= 0.3 is 0 Å². The molecule has 96 valence electrons. The molecule has 0 aliphatic carbocycles. The van der Waals surface area contributed by atoms with Crippen LogP contribution in [0.4, 0.5) is 0 Å². The van der Waals surface area contributed by atoms with Crippen LogP contribution in [0.15, 0.2) is 59.3 Å². The van der Waals surface area contributed by atoms with E-state index in [2.05, 4.69) is 28.5 Å². The van der Waals surface area contributed by atoms with E-state index in [1.165, 1.54) is 10.9 Å². The van der Waals surface area contributed by atoms with Gasteiger partial charge in [-0.2, -0.15) is 0 Å². The van der Waals surface area contributed by atoms with Crippen LogP contribution in [0.5, 0.6) is 0 Å². The van der Waals surface area contributed by atoms with E-state index in [9.17, 15) is 0 Å². The van der Waals surface area contributed by atoms with Crippen LogP contribution in [0.2, 0.25) is 0 Å². The summed E-state index contributed by atoms with van der Waals surface area (Å²) in [6, 6.07) is 14.4. The fraction of sp³-hybridized carbons (Fsp3) is 0.188. The minimum absolute atomic E-state index is 0.181. The first-order valence-electron chi connectivity index (χ1n) is 6.42. The molecule has 1 atom stereocenters. The van der Waals surface area contributed by atoms with Gasteiger partial charge in [-0.1, -0.05) is 18.2 Å². The smallest absolute Gasteiger partial charge is 0.121 e. The highest BCUT2D eigenvalue weighted by molar-refractivity contribution is 5.81. The lowest BCUT2D eigenvalue weighted by Gasteiger charge is -2.14. The van der Waals surface area contributed by atoms with Crippen LogP contribution in [0.3, 0.4) is 0 Å². The Morgan fingerprint density at radius 2 is 2.05 bits per heavy atom. The lowest BCUT2D eigenvalue weighted by Crippen LogP contribution is -2.18. The van der Waals surface area contributed by atoms with E-state index < -0.39 is 0 Å². The Hall–Kier alpha value is -2.13. The number of likely N-dealkylation sites (N-methyl/N-ethyl adjacent to an activating group) is 1. The highest BCUT2D eigenvalue weighted by Crippen LogP contribution is 2.23. The van der Waals surface area contributed by atoms with Crippen LogP contribution in [0.25, 0.3) is 10.9 Å². The molecule has 3 rings (SSSR count). The topological polar surface area (TPSA) is 38.1 Å². The Kier molecular flexibility index (Phi) is 3.29. The lowest BCUT2D eigenvalue weighted by atomic mass is 10.0. The minimum Gasteiger partial charge on any atom is -0.468 e. The van der Waals surface area contributed by atoms with Crippen LogP contribution in [0, 0.1) is 0 Å². The number of nitrogens with one attached hydrogen (secondary N) is 1. The molecular formula is C16H16N2O. The molecule has 0 fully saturated rings. The molecule has 1 aromatic carbocycles. The Bertz CT molecular complexity index is 656. The molecule has 3 nitrogen and oxygen atoms in total. The average Bonchev–Trinajstić information content (AvgIpc) is 2.99. The van der Waals surface area contributed by atoms with E-state index in [-0.39, 0.29) is 6.04 Å². The molecule has 0 spiro atoms. The van der Waals surface area contributed by atoms with Crippen molar-refractivity contribution in [1.82, 2.24) is 10.3 Å². The molecular weight excluding hydrogens is 236 g/mol. The maximum absolute atomic E-state index is 5.49. The average molecular weight is 252 g/mol. The summed E-state index contributed by atoms with van der Waals surface area (Å²) < 4.78 is 5.49. The predicted octanol–water partition coefficient (Wildman–Crippen LogP) is 3.33. The molecule has 2 aromatic heterocycles. The summed E-state index contributed by atoms with van der Waals surface area (Å²) in [6.45, 7) is 0. The van der Waals surface area contributed by atoms with Crippen LogP contribution >= 0.6 is 0 Å². The van der Waals surface area contributed by atoms with Gasteiger partial charge in [-0.3, -0.25) is 4.98 Å². The number of benzene rings is 1. The fourth-order valence-corrected chi connectivity index (χ4v) is 2.39. The van der Waals surface area contributed by atoms with Crippen LogP contribution in [0.1, 0.15) is 17.4 Å². The Balaban J connectivity index is 1.96. The van der Waals surface area contributed by atoms with Gasteiger partial charge in [0, 0.05) is 11.6 Å². The lowest BCUT2D eigenvalue weighted by molar-refractivity contribution is 0.430. The van der Waals surface area contributed by atoms with E-state index in [4.69, 9.17) is 4.42 Å². The van der Waals surface area contributed by atoms with E-state index in [0.29, 0.717) is 0 Å². The summed E-state index contributed by atoms with van der Waals surface area (Å²) in [5.74, 6) is 0.961. The molecule has 3 heteroatoms. The first-order valence-corrected chi connectivity index (χ1v) is 6.42. The van der Waals surface area contributed by atoms with Gasteiger partial charge in [0.15, 0.2) is 0 Å². The summed E-state index contributed by atoms with van der Waals surface area (Å²) in [5, 5.41) is 4.51. The molecule has 0 saturated carbocycles. The number of aromatic nitrogens is 1. The third-order valence-electron chi connectivity index (χ3n) is 3.40. The first-order chi connectivity index (χ1) is 9.38. The number of nitrogens with zero attached hydrogens (tertiary/aromatic N) is 1. The second kappa shape index (κ2) is 5.24. The van der Waals surface area contributed by atoms with E-state index in [1.54, 1.807) is 6.26 Å². The van der Waals surface area contributed by atoms with Crippen molar-refractivity contribution < 1.29 is 4.42 Å². The summed E-state index contributed by atoms with van der Waals surface area (Å²) in [7, 11) is 1.95.